The highest BCUT2D eigenvalue weighted by molar-refractivity contribution is 6.33. The van der Waals surface area contributed by atoms with Crippen molar-refractivity contribution in [1.82, 2.24) is 4.98 Å². The van der Waals surface area contributed by atoms with Gasteiger partial charge in [-0.05, 0) is 25.5 Å². The normalized spacial score (nSPS) is 10.9. The molecule has 0 fully saturated rings. The first-order valence-corrected chi connectivity index (χ1v) is 5.60. The van der Waals surface area contributed by atoms with E-state index >= 15 is 0 Å². The fourth-order valence-electron chi connectivity index (χ4n) is 1.48. The van der Waals surface area contributed by atoms with Gasteiger partial charge in [-0.2, -0.15) is 0 Å². The molecule has 1 rings (SSSR count). The molecule has 0 spiro atoms. The molecule has 16 heavy (non-hydrogen) atoms. The monoisotopic (exact) mass is 244 g/mol. The number of aliphatic hydroxyl groups is 2. The van der Waals surface area contributed by atoms with Gasteiger partial charge in [0.25, 0.3) is 0 Å². The number of aliphatic hydroxyl groups excluding tert-OH is 2. The number of hydrogen-bond donors (Lipinski definition) is 2. The zero-order chi connectivity index (χ0) is 12.1. The maximum Gasteiger partial charge on any atom is 0.147 e. The summed E-state index contributed by atoms with van der Waals surface area (Å²) in [5, 5.41) is 18.4. The predicted molar refractivity (Wildman–Crippen MR) is 64.7 cm³/mol. The van der Waals surface area contributed by atoms with E-state index in [1.165, 1.54) is 0 Å². The zero-order valence-corrected chi connectivity index (χ0v) is 10.3. The number of rotatable bonds is 5. The molecule has 0 amide bonds. The van der Waals surface area contributed by atoms with E-state index in [-0.39, 0.29) is 19.3 Å². The van der Waals surface area contributed by atoms with E-state index in [0.717, 1.165) is 0 Å². The molecule has 0 aromatic carbocycles. The summed E-state index contributed by atoms with van der Waals surface area (Å²) in [5.74, 6) is 0.642. The third-order valence-electron chi connectivity index (χ3n) is 2.30. The third kappa shape index (κ3) is 3.07. The van der Waals surface area contributed by atoms with Gasteiger partial charge in [0.2, 0.25) is 0 Å². The second-order valence-corrected chi connectivity index (χ2v) is 4.23. The smallest absolute Gasteiger partial charge is 0.147 e. The molecular formula is C11H17ClN2O2. The lowest BCUT2D eigenvalue weighted by Gasteiger charge is -2.27. The van der Waals surface area contributed by atoms with Crippen LogP contribution in [0.4, 0.5) is 5.82 Å². The van der Waals surface area contributed by atoms with E-state index in [0.29, 0.717) is 22.9 Å². The minimum absolute atomic E-state index is 0.0535. The average molecular weight is 245 g/mol. The van der Waals surface area contributed by atoms with Crippen molar-refractivity contribution >= 4 is 17.4 Å². The van der Waals surface area contributed by atoms with Crippen LogP contribution in [0.2, 0.25) is 5.02 Å². The number of nitrogens with zero attached hydrogens (tertiary/aromatic N) is 2. The van der Waals surface area contributed by atoms with E-state index in [2.05, 4.69) is 4.98 Å². The van der Waals surface area contributed by atoms with Crippen LogP contribution in [0.5, 0.6) is 0 Å². The number of halogens is 1. The Kier molecular flexibility index (Phi) is 4.99. The van der Waals surface area contributed by atoms with Crippen LogP contribution in [0.1, 0.15) is 19.4 Å². The summed E-state index contributed by atoms with van der Waals surface area (Å²) in [5.41, 5.74) is 0.682. The first-order valence-electron chi connectivity index (χ1n) is 5.23. The maximum absolute atomic E-state index is 8.99. The van der Waals surface area contributed by atoms with Crippen LogP contribution >= 0.6 is 11.6 Å². The lowest BCUT2D eigenvalue weighted by molar-refractivity contribution is 0.281. The molecule has 0 saturated carbocycles. The van der Waals surface area contributed by atoms with Gasteiger partial charge in [-0.25, -0.2) is 4.98 Å². The van der Waals surface area contributed by atoms with Crippen LogP contribution in [-0.2, 0) is 6.61 Å². The van der Waals surface area contributed by atoms with Crippen molar-refractivity contribution in [2.45, 2.75) is 26.5 Å². The van der Waals surface area contributed by atoms with Crippen molar-refractivity contribution in [2.24, 2.45) is 0 Å². The molecular weight excluding hydrogens is 228 g/mol. The lowest BCUT2D eigenvalue weighted by atomic mass is 10.2. The summed E-state index contributed by atoms with van der Waals surface area (Å²) < 4.78 is 0. The third-order valence-corrected chi connectivity index (χ3v) is 2.58. The van der Waals surface area contributed by atoms with E-state index in [1.807, 2.05) is 18.7 Å². The number of pyridine rings is 1. The van der Waals surface area contributed by atoms with Crippen molar-refractivity contribution in [1.29, 1.82) is 0 Å². The van der Waals surface area contributed by atoms with Gasteiger partial charge in [-0.15, -0.1) is 0 Å². The molecule has 4 nitrogen and oxygen atoms in total. The molecule has 0 aliphatic heterocycles. The molecule has 0 bridgehead atoms. The fourth-order valence-corrected chi connectivity index (χ4v) is 1.78. The molecule has 5 heteroatoms. The van der Waals surface area contributed by atoms with E-state index in [1.54, 1.807) is 12.3 Å². The van der Waals surface area contributed by atoms with E-state index in [9.17, 15) is 0 Å². The van der Waals surface area contributed by atoms with Gasteiger partial charge in [0.05, 0.1) is 18.2 Å². The van der Waals surface area contributed by atoms with Crippen molar-refractivity contribution in [3.63, 3.8) is 0 Å². The first kappa shape index (κ1) is 13.2. The Bertz CT molecular complexity index is 345. The molecule has 0 aliphatic carbocycles. The molecule has 0 saturated heterocycles. The standard InChI is InChI=1S/C11H17ClN2O2/c1-8(2)14(3-4-15)11-10(12)5-9(7-16)6-13-11/h5-6,8,15-16H,3-4,7H2,1-2H3. The second-order valence-electron chi connectivity index (χ2n) is 3.82. The lowest BCUT2D eigenvalue weighted by Crippen LogP contribution is -2.34. The summed E-state index contributed by atoms with van der Waals surface area (Å²) in [7, 11) is 0. The molecule has 0 atom stereocenters. The SMILES string of the molecule is CC(C)N(CCO)c1ncc(CO)cc1Cl. The summed E-state index contributed by atoms with van der Waals surface area (Å²) in [6, 6.07) is 1.90. The molecule has 1 aromatic rings. The highest BCUT2D eigenvalue weighted by Gasteiger charge is 2.14. The molecule has 90 valence electrons. The van der Waals surface area contributed by atoms with E-state index < -0.39 is 0 Å². The van der Waals surface area contributed by atoms with Crippen molar-refractivity contribution in [2.75, 3.05) is 18.1 Å². The molecule has 0 aliphatic rings. The number of aromatic nitrogens is 1. The maximum atomic E-state index is 8.99. The molecule has 0 radical (unpaired) electrons. The topological polar surface area (TPSA) is 56.6 Å². The first-order chi connectivity index (χ1) is 7.60. The molecule has 1 heterocycles. The summed E-state index contributed by atoms with van der Waals surface area (Å²) in [4.78, 5) is 6.13. The largest absolute Gasteiger partial charge is 0.395 e. The van der Waals surface area contributed by atoms with Crippen LogP contribution in [0, 0.1) is 0 Å². The van der Waals surface area contributed by atoms with Gasteiger partial charge in [0.1, 0.15) is 5.82 Å². The molecule has 2 N–H and O–H groups in total. The van der Waals surface area contributed by atoms with Crippen LogP contribution in [0.15, 0.2) is 12.3 Å². The average Bonchev–Trinajstić information content (AvgIpc) is 2.26. The number of hydrogen-bond acceptors (Lipinski definition) is 4. The zero-order valence-electron chi connectivity index (χ0n) is 9.52. The molecule has 0 unspecified atom stereocenters. The minimum atomic E-state index is -0.0747. The van der Waals surface area contributed by atoms with Gasteiger partial charge < -0.3 is 15.1 Å². The minimum Gasteiger partial charge on any atom is -0.395 e. The summed E-state index contributed by atoms with van der Waals surface area (Å²) in [6.45, 7) is 4.48. The van der Waals surface area contributed by atoms with Gasteiger partial charge in [-0.3, -0.25) is 0 Å². The fraction of sp³-hybridized carbons (Fsp3) is 0.545. The Morgan fingerprint density at radius 3 is 2.56 bits per heavy atom. The van der Waals surface area contributed by atoms with Crippen LogP contribution < -0.4 is 4.90 Å². The Balaban J connectivity index is 3.00. The highest BCUT2D eigenvalue weighted by atomic mass is 35.5. The summed E-state index contributed by atoms with van der Waals surface area (Å²) in [6.07, 6.45) is 1.59. The number of anilines is 1. The van der Waals surface area contributed by atoms with Gasteiger partial charge in [0.15, 0.2) is 0 Å². The summed E-state index contributed by atoms with van der Waals surface area (Å²) >= 11 is 6.09. The Hall–Kier alpha value is -0.840. The Labute approximate surface area is 100 Å². The van der Waals surface area contributed by atoms with Crippen LogP contribution in [0.3, 0.4) is 0 Å². The van der Waals surface area contributed by atoms with Crippen molar-refractivity contribution in [3.8, 4) is 0 Å². The Morgan fingerprint density at radius 1 is 1.44 bits per heavy atom. The van der Waals surface area contributed by atoms with Gasteiger partial charge in [0, 0.05) is 18.8 Å². The van der Waals surface area contributed by atoms with Crippen molar-refractivity contribution in [3.05, 3.63) is 22.8 Å². The van der Waals surface area contributed by atoms with Crippen molar-refractivity contribution < 1.29 is 10.2 Å². The predicted octanol–water partition coefficient (Wildman–Crippen LogP) is 1.43. The molecule has 1 aromatic heterocycles. The van der Waals surface area contributed by atoms with E-state index in [4.69, 9.17) is 21.8 Å². The quantitative estimate of drug-likeness (QED) is 0.823. The Morgan fingerprint density at radius 2 is 2.12 bits per heavy atom. The van der Waals surface area contributed by atoms with Crippen LogP contribution in [-0.4, -0.2) is 34.4 Å². The highest BCUT2D eigenvalue weighted by Crippen LogP contribution is 2.25. The van der Waals surface area contributed by atoms with Gasteiger partial charge >= 0.3 is 0 Å². The van der Waals surface area contributed by atoms with Gasteiger partial charge in [-0.1, -0.05) is 11.6 Å². The van der Waals surface area contributed by atoms with Crippen LogP contribution in [0.25, 0.3) is 0 Å². The second kappa shape index (κ2) is 6.03.